The Labute approximate surface area is 99.7 Å². The van der Waals surface area contributed by atoms with E-state index in [4.69, 9.17) is 0 Å². The quantitative estimate of drug-likeness (QED) is 0.807. The summed E-state index contributed by atoms with van der Waals surface area (Å²) in [6.45, 7) is 2.21. The van der Waals surface area contributed by atoms with E-state index in [2.05, 4.69) is 16.5 Å². The number of aromatic nitrogens is 2. The van der Waals surface area contributed by atoms with Crippen LogP contribution >= 0.6 is 0 Å². The zero-order valence-electron chi connectivity index (χ0n) is 9.60. The number of imidazole rings is 1. The second-order valence-corrected chi connectivity index (χ2v) is 4.64. The Kier molecular flexibility index (Phi) is 2.65. The van der Waals surface area contributed by atoms with Crippen LogP contribution in [0.15, 0.2) is 24.5 Å². The largest absolute Gasteiger partial charge is 0.316 e. The molecule has 3 heterocycles. The van der Waals surface area contributed by atoms with E-state index >= 15 is 0 Å². The number of aldehydes is 1. The number of hydrogen-bond acceptors (Lipinski definition) is 3. The van der Waals surface area contributed by atoms with E-state index in [0.29, 0.717) is 11.5 Å². The van der Waals surface area contributed by atoms with Crippen LogP contribution in [0.5, 0.6) is 0 Å². The van der Waals surface area contributed by atoms with Crippen LogP contribution in [0.4, 0.5) is 0 Å². The number of carbonyl (C=O) groups excluding carboxylic acids is 1. The lowest BCUT2D eigenvalue weighted by Gasteiger charge is -2.03. The Morgan fingerprint density at radius 1 is 1.59 bits per heavy atom. The van der Waals surface area contributed by atoms with Crippen LogP contribution < -0.4 is 5.32 Å². The normalized spacial score (nSPS) is 19.9. The Bertz CT molecular complexity index is 541. The number of rotatable bonds is 3. The molecule has 0 spiro atoms. The number of pyridine rings is 1. The van der Waals surface area contributed by atoms with Gasteiger partial charge in [-0.25, -0.2) is 4.98 Å². The maximum atomic E-state index is 10.7. The summed E-state index contributed by atoms with van der Waals surface area (Å²) in [5, 5.41) is 3.36. The zero-order valence-corrected chi connectivity index (χ0v) is 9.60. The van der Waals surface area contributed by atoms with E-state index in [-0.39, 0.29) is 0 Å². The van der Waals surface area contributed by atoms with Crippen molar-refractivity contribution in [1.29, 1.82) is 0 Å². The van der Waals surface area contributed by atoms with Gasteiger partial charge in [-0.2, -0.15) is 0 Å². The lowest BCUT2D eigenvalue weighted by molar-refractivity contribution is 0.112. The highest BCUT2D eigenvalue weighted by Crippen LogP contribution is 2.15. The second-order valence-electron chi connectivity index (χ2n) is 4.64. The zero-order chi connectivity index (χ0) is 11.7. The molecule has 4 heteroatoms. The number of nitrogens with one attached hydrogen (secondary N) is 1. The number of fused-ring (bicyclic) bond motifs is 1. The first kappa shape index (κ1) is 10.5. The molecule has 1 aliphatic rings. The highest BCUT2D eigenvalue weighted by molar-refractivity contribution is 5.76. The van der Waals surface area contributed by atoms with Crippen LogP contribution in [0.3, 0.4) is 0 Å². The molecule has 1 saturated heterocycles. The third kappa shape index (κ3) is 2.08. The molecule has 1 N–H and O–H groups in total. The molecule has 1 aliphatic heterocycles. The van der Waals surface area contributed by atoms with Crippen LogP contribution in [-0.4, -0.2) is 28.8 Å². The molecule has 2 aromatic rings. The van der Waals surface area contributed by atoms with Crippen molar-refractivity contribution in [2.75, 3.05) is 13.1 Å². The summed E-state index contributed by atoms with van der Waals surface area (Å²) in [6, 6.07) is 3.63. The second kappa shape index (κ2) is 4.30. The summed E-state index contributed by atoms with van der Waals surface area (Å²) >= 11 is 0. The summed E-state index contributed by atoms with van der Waals surface area (Å²) in [7, 11) is 0. The van der Waals surface area contributed by atoms with Crippen LogP contribution in [0.25, 0.3) is 5.65 Å². The van der Waals surface area contributed by atoms with Gasteiger partial charge in [0.25, 0.3) is 0 Å². The van der Waals surface area contributed by atoms with Gasteiger partial charge < -0.3 is 9.72 Å². The highest BCUT2D eigenvalue weighted by atomic mass is 16.1. The number of carbonyl (C=O) groups is 1. The van der Waals surface area contributed by atoms with E-state index in [1.165, 1.54) is 6.42 Å². The molecule has 1 unspecified atom stereocenters. The van der Waals surface area contributed by atoms with Crippen molar-refractivity contribution in [1.82, 2.24) is 14.7 Å². The summed E-state index contributed by atoms with van der Waals surface area (Å²) in [6.07, 6.45) is 7.05. The van der Waals surface area contributed by atoms with Crippen LogP contribution in [0, 0.1) is 5.92 Å². The minimum Gasteiger partial charge on any atom is -0.316 e. The predicted octanol–water partition coefficient (Wildman–Crippen LogP) is 1.30. The Morgan fingerprint density at radius 3 is 3.29 bits per heavy atom. The fraction of sp³-hybridized carbons (Fsp3) is 0.385. The van der Waals surface area contributed by atoms with Crippen LogP contribution in [0.2, 0.25) is 0 Å². The van der Waals surface area contributed by atoms with E-state index in [1.807, 2.05) is 22.7 Å². The molecule has 88 valence electrons. The SMILES string of the molecule is O=Cc1ccn2cc(CC3CCNC3)nc2c1. The van der Waals surface area contributed by atoms with E-state index in [1.54, 1.807) is 0 Å². The van der Waals surface area contributed by atoms with Gasteiger partial charge in [-0.3, -0.25) is 4.79 Å². The number of hydrogen-bond donors (Lipinski definition) is 1. The first-order valence-electron chi connectivity index (χ1n) is 5.99. The first-order chi connectivity index (χ1) is 8.35. The third-order valence-corrected chi connectivity index (χ3v) is 3.33. The molecule has 1 atom stereocenters. The summed E-state index contributed by atoms with van der Waals surface area (Å²) in [4.78, 5) is 15.3. The maximum absolute atomic E-state index is 10.7. The van der Waals surface area contributed by atoms with Crippen molar-refractivity contribution in [3.8, 4) is 0 Å². The molecule has 4 nitrogen and oxygen atoms in total. The molecule has 0 radical (unpaired) electrons. The van der Waals surface area contributed by atoms with E-state index in [0.717, 1.165) is 37.1 Å². The van der Waals surface area contributed by atoms with Gasteiger partial charge >= 0.3 is 0 Å². The fourth-order valence-electron chi connectivity index (χ4n) is 2.41. The predicted molar refractivity (Wildman–Crippen MR) is 65.3 cm³/mol. The molecule has 17 heavy (non-hydrogen) atoms. The standard InChI is InChI=1S/C13H15N3O/c17-9-11-2-4-16-8-12(15-13(16)6-11)5-10-1-3-14-7-10/h2,4,6,8-10,14H,1,3,5,7H2. The smallest absolute Gasteiger partial charge is 0.150 e. The van der Waals surface area contributed by atoms with Gasteiger partial charge in [-0.1, -0.05) is 0 Å². The van der Waals surface area contributed by atoms with Crippen LogP contribution in [0.1, 0.15) is 22.5 Å². The molecular formula is C13H15N3O. The van der Waals surface area contributed by atoms with Crippen molar-refractivity contribution in [2.45, 2.75) is 12.8 Å². The molecule has 0 aromatic carbocycles. The lowest BCUT2D eigenvalue weighted by Crippen LogP contribution is -2.10. The summed E-state index contributed by atoms with van der Waals surface area (Å²) in [5.41, 5.74) is 2.65. The average molecular weight is 229 g/mol. The molecular weight excluding hydrogens is 214 g/mol. The van der Waals surface area contributed by atoms with Gasteiger partial charge in [0.1, 0.15) is 11.9 Å². The van der Waals surface area contributed by atoms with Crippen molar-refractivity contribution in [3.05, 3.63) is 35.8 Å². The molecule has 3 rings (SSSR count). The van der Waals surface area contributed by atoms with Crippen LogP contribution in [-0.2, 0) is 6.42 Å². The minimum absolute atomic E-state index is 0.678. The summed E-state index contributed by atoms with van der Waals surface area (Å²) < 4.78 is 1.98. The average Bonchev–Trinajstić information content (AvgIpc) is 2.96. The van der Waals surface area contributed by atoms with Gasteiger partial charge in [0.2, 0.25) is 0 Å². The number of nitrogens with zero attached hydrogens (tertiary/aromatic N) is 2. The molecule has 0 amide bonds. The molecule has 2 aromatic heterocycles. The van der Waals surface area contributed by atoms with Gasteiger partial charge in [-0.15, -0.1) is 0 Å². The van der Waals surface area contributed by atoms with Crippen molar-refractivity contribution < 1.29 is 4.79 Å². The van der Waals surface area contributed by atoms with E-state index in [9.17, 15) is 4.79 Å². The van der Waals surface area contributed by atoms with Crippen molar-refractivity contribution >= 4 is 11.9 Å². The van der Waals surface area contributed by atoms with E-state index < -0.39 is 0 Å². The van der Waals surface area contributed by atoms with Gasteiger partial charge in [0.15, 0.2) is 0 Å². The maximum Gasteiger partial charge on any atom is 0.150 e. The fourth-order valence-corrected chi connectivity index (χ4v) is 2.41. The highest BCUT2D eigenvalue weighted by Gasteiger charge is 2.16. The topological polar surface area (TPSA) is 46.4 Å². The molecule has 0 saturated carbocycles. The Hall–Kier alpha value is -1.68. The lowest BCUT2D eigenvalue weighted by atomic mass is 10.0. The van der Waals surface area contributed by atoms with Crippen molar-refractivity contribution in [2.24, 2.45) is 5.92 Å². The van der Waals surface area contributed by atoms with Gasteiger partial charge in [0.05, 0.1) is 5.69 Å². The first-order valence-corrected chi connectivity index (χ1v) is 5.99. The van der Waals surface area contributed by atoms with Gasteiger partial charge in [-0.05, 0) is 44.0 Å². The Balaban J connectivity index is 1.87. The Morgan fingerprint density at radius 2 is 2.53 bits per heavy atom. The third-order valence-electron chi connectivity index (χ3n) is 3.33. The monoisotopic (exact) mass is 229 g/mol. The molecule has 0 aliphatic carbocycles. The summed E-state index contributed by atoms with van der Waals surface area (Å²) in [5.74, 6) is 0.699. The molecule has 0 bridgehead atoms. The minimum atomic E-state index is 0.678. The van der Waals surface area contributed by atoms with Crippen molar-refractivity contribution in [3.63, 3.8) is 0 Å². The van der Waals surface area contributed by atoms with Gasteiger partial charge in [0, 0.05) is 18.0 Å². The molecule has 1 fully saturated rings.